The molecule has 0 aromatic heterocycles. The first-order valence-electron chi connectivity index (χ1n) is 4.47. The van der Waals surface area contributed by atoms with Gasteiger partial charge in [-0.2, -0.15) is 4.99 Å². The fraction of sp³-hybridized carbons (Fsp3) is 0.667. The van der Waals surface area contributed by atoms with Gasteiger partial charge in [-0.25, -0.2) is 10.3 Å². The quantitative estimate of drug-likeness (QED) is 0.411. The molecule has 0 bridgehead atoms. The number of carbonyl (C=O) groups excluding carboxylic acids is 2. The third-order valence-corrected chi connectivity index (χ3v) is 1.32. The molecule has 0 spiro atoms. The first kappa shape index (κ1) is 13.6. The van der Waals surface area contributed by atoms with Crippen LogP contribution in [0.15, 0.2) is 4.99 Å². The summed E-state index contributed by atoms with van der Waals surface area (Å²) in [5, 5.41) is 8.28. The highest BCUT2D eigenvalue weighted by molar-refractivity contribution is 5.95. The van der Waals surface area contributed by atoms with E-state index in [0.29, 0.717) is 0 Å². The van der Waals surface area contributed by atoms with Crippen LogP contribution in [0.4, 0.5) is 4.79 Å². The van der Waals surface area contributed by atoms with Gasteiger partial charge in [0.1, 0.15) is 5.60 Å². The van der Waals surface area contributed by atoms with Crippen LogP contribution in [0.2, 0.25) is 0 Å². The summed E-state index contributed by atoms with van der Waals surface area (Å²) in [4.78, 5) is 25.3. The number of hydroxylamine groups is 1. The van der Waals surface area contributed by atoms with Crippen molar-refractivity contribution < 1.29 is 19.5 Å². The molecule has 0 aromatic carbocycles. The fourth-order valence-electron chi connectivity index (χ4n) is 0.630. The van der Waals surface area contributed by atoms with Gasteiger partial charge in [-0.15, -0.1) is 0 Å². The zero-order valence-electron chi connectivity index (χ0n) is 9.27. The summed E-state index contributed by atoms with van der Waals surface area (Å²) in [5.41, 5.74) is 0.840. The van der Waals surface area contributed by atoms with Crippen molar-refractivity contribution in [3.8, 4) is 0 Å². The molecule has 0 aliphatic heterocycles. The number of ether oxygens (including phenoxy) is 1. The Bertz CT molecular complexity index is 268. The maximum absolute atomic E-state index is 11.1. The van der Waals surface area contributed by atoms with Crippen molar-refractivity contribution in [2.45, 2.75) is 33.3 Å². The topological polar surface area (TPSA) is 88.0 Å². The third kappa shape index (κ3) is 6.62. The number of carbonyl (C=O) groups is 2. The second kappa shape index (κ2) is 5.45. The summed E-state index contributed by atoms with van der Waals surface area (Å²) in [6.07, 6.45) is 0.347. The second-order valence-corrected chi connectivity index (χ2v) is 4.02. The van der Waals surface area contributed by atoms with Crippen LogP contribution < -0.4 is 5.48 Å². The van der Waals surface area contributed by atoms with Crippen LogP contribution in [0.3, 0.4) is 0 Å². The van der Waals surface area contributed by atoms with E-state index in [1.807, 2.05) is 0 Å². The van der Waals surface area contributed by atoms with Gasteiger partial charge in [0.25, 0.3) is 5.91 Å². The van der Waals surface area contributed by atoms with Gasteiger partial charge < -0.3 is 4.74 Å². The predicted octanol–water partition coefficient (Wildman–Crippen LogP) is 1.13. The summed E-state index contributed by atoms with van der Waals surface area (Å²) in [5.74, 6) is -1.33. The van der Waals surface area contributed by atoms with Crippen LogP contribution in [-0.2, 0) is 9.53 Å². The molecule has 0 radical (unpaired) electrons. The van der Waals surface area contributed by atoms with Crippen LogP contribution in [0.5, 0.6) is 0 Å². The molecule has 0 aliphatic carbocycles. The highest BCUT2D eigenvalue weighted by atomic mass is 16.6. The molecule has 0 rings (SSSR count). The Kier molecular flexibility index (Phi) is 4.93. The lowest BCUT2D eigenvalue weighted by atomic mass is 10.2. The molecule has 6 nitrogen and oxygen atoms in total. The maximum Gasteiger partial charge on any atom is 0.433 e. The summed E-state index contributed by atoms with van der Waals surface area (Å²) >= 11 is 0. The fourth-order valence-corrected chi connectivity index (χ4v) is 0.630. The molecule has 0 aliphatic rings. The molecule has 1 unspecified atom stereocenters. The Morgan fingerprint density at radius 3 is 2.40 bits per heavy atom. The van der Waals surface area contributed by atoms with E-state index in [1.54, 1.807) is 20.8 Å². The predicted molar refractivity (Wildman–Crippen MR) is 53.8 cm³/mol. The minimum absolute atomic E-state index is 0.614. The van der Waals surface area contributed by atoms with Crippen molar-refractivity contribution in [3.63, 3.8) is 0 Å². The summed E-state index contributed by atoms with van der Waals surface area (Å²) in [6.45, 7) is 6.62. The van der Waals surface area contributed by atoms with E-state index in [1.165, 1.54) is 12.4 Å². The molecule has 0 saturated heterocycles. The van der Waals surface area contributed by atoms with E-state index in [9.17, 15) is 9.59 Å². The van der Waals surface area contributed by atoms with Gasteiger partial charge in [-0.3, -0.25) is 10.0 Å². The van der Waals surface area contributed by atoms with Gasteiger partial charge in [-0.05, 0) is 27.7 Å². The van der Waals surface area contributed by atoms with Crippen molar-refractivity contribution in [2.75, 3.05) is 0 Å². The number of hydrogen-bond donors (Lipinski definition) is 2. The zero-order chi connectivity index (χ0) is 12.1. The minimum Gasteiger partial charge on any atom is -0.442 e. The molecule has 1 atom stereocenters. The first-order chi connectivity index (χ1) is 6.76. The van der Waals surface area contributed by atoms with Crippen LogP contribution in [-0.4, -0.2) is 29.0 Å². The lowest BCUT2D eigenvalue weighted by molar-refractivity contribution is -0.130. The lowest BCUT2D eigenvalue weighted by Crippen LogP contribution is -2.27. The summed E-state index contributed by atoms with van der Waals surface area (Å²) < 4.78 is 4.87. The normalized spacial score (nSPS) is 13.7. The van der Waals surface area contributed by atoms with E-state index in [4.69, 9.17) is 9.94 Å². The molecule has 0 heterocycles. The van der Waals surface area contributed by atoms with Gasteiger partial charge in [0.2, 0.25) is 0 Å². The zero-order valence-corrected chi connectivity index (χ0v) is 9.27. The molecule has 15 heavy (non-hydrogen) atoms. The average Bonchev–Trinajstić information content (AvgIpc) is 2.10. The third-order valence-electron chi connectivity index (χ3n) is 1.32. The van der Waals surface area contributed by atoms with E-state index in [-0.39, 0.29) is 0 Å². The Morgan fingerprint density at radius 1 is 1.47 bits per heavy atom. The maximum atomic E-state index is 11.1. The highest BCUT2D eigenvalue weighted by Crippen LogP contribution is 2.07. The van der Waals surface area contributed by atoms with Crippen molar-refractivity contribution in [2.24, 2.45) is 10.9 Å². The number of nitrogens with one attached hydrogen (secondary N) is 1. The molecule has 0 aromatic rings. The van der Waals surface area contributed by atoms with Crippen molar-refractivity contribution >= 4 is 18.2 Å². The van der Waals surface area contributed by atoms with Crippen LogP contribution in [0, 0.1) is 5.92 Å². The van der Waals surface area contributed by atoms with Gasteiger partial charge in [-0.1, -0.05) is 0 Å². The summed E-state index contributed by atoms with van der Waals surface area (Å²) in [7, 11) is 0. The SMILES string of the molecule is CC(C=NC(=O)OC(C)(C)C)C(=O)NO. The number of nitrogens with zero attached hydrogens (tertiary/aromatic N) is 1. The van der Waals surface area contributed by atoms with Crippen LogP contribution in [0.25, 0.3) is 0 Å². The van der Waals surface area contributed by atoms with E-state index >= 15 is 0 Å². The molecule has 2 amide bonds. The molecule has 0 fully saturated rings. The molecule has 86 valence electrons. The second-order valence-electron chi connectivity index (χ2n) is 4.02. The van der Waals surface area contributed by atoms with E-state index in [2.05, 4.69) is 4.99 Å². The van der Waals surface area contributed by atoms with Crippen molar-refractivity contribution in [1.82, 2.24) is 5.48 Å². The average molecular weight is 216 g/mol. The molecular formula is C9H16N2O4. The Balaban J connectivity index is 4.18. The van der Waals surface area contributed by atoms with Crippen LogP contribution >= 0.6 is 0 Å². The standard InChI is InChI=1S/C9H16N2O4/c1-6(7(12)11-14)5-10-8(13)15-9(2,3)4/h5-6,14H,1-4H3,(H,11,12). The van der Waals surface area contributed by atoms with Gasteiger partial charge in [0.15, 0.2) is 0 Å². The number of aliphatic imine (C=N–C) groups is 1. The smallest absolute Gasteiger partial charge is 0.433 e. The summed E-state index contributed by atoms with van der Waals surface area (Å²) in [6, 6.07) is 0. The highest BCUT2D eigenvalue weighted by Gasteiger charge is 2.16. The molecule has 0 saturated carbocycles. The molecule has 2 N–H and O–H groups in total. The molecule has 6 heteroatoms. The van der Waals surface area contributed by atoms with Crippen molar-refractivity contribution in [3.05, 3.63) is 0 Å². The molecular weight excluding hydrogens is 200 g/mol. The van der Waals surface area contributed by atoms with Gasteiger partial charge in [0, 0.05) is 6.21 Å². The number of amides is 2. The Morgan fingerprint density at radius 2 is 2.00 bits per heavy atom. The lowest BCUT2D eigenvalue weighted by Gasteiger charge is -2.17. The van der Waals surface area contributed by atoms with Crippen molar-refractivity contribution in [1.29, 1.82) is 0 Å². The minimum atomic E-state index is -0.764. The number of hydrogen-bond acceptors (Lipinski definition) is 4. The first-order valence-corrected chi connectivity index (χ1v) is 4.47. The Hall–Kier alpha value is -1.43. The Labute approximate surface area is 88.3 Å². The monoisotopic (exact) mass is 216 g/mol. The van der Waals surface area contributed by atoms with E-state index in [0.717, 1.165) is 6.21 Å². The van der Waals surface area contributed by atoms with Crippen LogP contribution in [0.1, 0.15) is 27.7 Å². The largest absolute Gasteiger partial charge is 0.442 e. The van der Waals surface area contributed by atoms with Gasteiger partial charge >= 0.3 is 6.09 Å². The van der Waals surface area contributed by atoms with E-state index < -0.39 is 23.5 Å². The number of rotatable bonds is 2. The van der Waals surface area contributed by atoms with Gasteiger partial charge in [0.05, 0.1) is 5.92 Å².